The van der Waals surface area contributed by atoms with Gasteiger partial charge in [0.15, 0.2) is 0 Å². The molecular formula is C15H16ClFN2. The molecule has 1 unspecified atom stereocenters. The first-order valence-electron chi connectivity index (χ1n) is 6.14. The molecule has 1 aromatic carbocycles. The number of benzene rings is 1. The van der Waals surface area contributed by atoms with Crippen LogP contribution in [0.15, 0.2) is 36.5 Å². The second-order valence-electron chi connectivity index (χ2n) is 4.52. The summed E-state index contributed by atoms with van der Waals surface area (Å²) < 4.78 is 13.3. The highest BCUT2D eigenvalue weighted by molar-refractivity contribution is 6.30. The molecule has 0 radical (unpaired) electrons. The zero-order valence-electron chi connectivity index (χ0n) is 11.0. The molecule has 1 atom stereocenters. The van der Waals surface area contributed by atoms with E-state index in [4.69, 9.17) is 11.6 Å². The van der Waals surface area contributed by atoms with Crippen molar-refractivity contribution in [3.8, 4) is 0 Å². The predicted molar refractivity (Wildman–Crippen MR) is 75.9 cm³/mol. The molecule has 0 spiro atoms. The van der Waals surface area contributed by atoms with Crippen LogP contribution in [-0.4, -0.2) is 12.0 Å². The van der Waals surface area contributed by atoms with E-state index in [-0.39, 0.29) is 11.9 Å². The van der Waals surface area contributed by atoms with Crippen molar-refractivity contribution < 1.29 is 4.39 Å². The summed E-state index contributed by atoms with van der Waals surface area (Å²) in [7, 11) is 1.87. The van der Waals surface area contributed by atoms with E-state index < -0.39 is 0 Å². The number of halogens is 2. The zero-order chi connectivity index (χ0) is 13.8. The van der Waals surface area contributed by atoms with Crippen LogP contribution in [0.1, 0.15) is 22.9 Å². The van der Waals surface area contributed by atoms with Crippen molar-refractivity contribution in [2.24, 2.45) is 0 Å². The highest BCUT2D eigenvalue weighted by Crippen LogP contribution is 2.20. The average Bonchev–Trinajstić information content (AvgIpc) is 2.41. The number of aryl methyl sites for hydroxylation is 1. The number of likely N-dealkylation sites (N-methyl/N-ethyl adjacent to an activating group) is 1. The largest absolute Gasteiger partial charge is 0.311 e. The van der Waals surface area contributed by atoms with Crippen LogP contribution in [0.2, 0.25) is 5.02 Å². The molecule has 2 rings (SSSR count). The molecule has 1 N–H and O–H groups in total. The molecule has 4 heteroatoms. The van der Waals surface area contributed by atoms with Crippen molar-refractivity contribution in [2.75, 3.05) is 7.05 Å². The summed E-state index contributed by atoms with van der Waals surface area (Å²) in [6.07, 6.45) is 2.31. The van der Waals surface area contributed by atoms with Gasteiger partial charge in [0.2, 0.25) is 0 Å². The molecule has 0 bridgehead atoms. The molecule has 0 aliphatic heterocycles. The fourth-order valence-corrected chi connectivity index (χ4v) is 2.14. The Kier molecular flexibility index (Phi) is 4.51. The Morgan fingerprint density at radius 1 is 1.32 bits per heavy atom. The molecule has 2 nitrogen and oxygen atoms in total. The maximum atomic E-state index is 13.3. The lowest BCUT2D eigenvalue weighted by Crippen LogP contribution is -2.20. The lowest BCUT2D eigenvalue weighted by Gasteiger charge is -2.17. The topological polar surface area (TPSA) is 24.9 Å². The highest BCUT2D eigenvalue weighted by Gasteiger charge is 2.13. The van der Waals surface area contributed by atoms with E-state index in [2.05, 4.69) is 10.3 Å². The smallest absolute Gasteiger partial charge is 0.123 e. The predicted octanol–water partition coefficient (Wildman–Crippen LogP) is 3.69. The molecule has 19 heavy (non-hydrogen) atoms. The third-order valence-corrected chi connectivity index (χ3v) is 3.41. The summed E-state index contributed by atoms with van der Waals surface area (Å²) in [5.41, 5.74) is 2.96. The molecule has 0 aliphatic carbocycles. The van der Waals surface area contributed by atoms with E-state index in [0.717, 1.165) is 16.8 Å². The van der Waals surface area contributed by atoms with Gasteiger partial charge in [-0.1, -0.05) is 17.7 Å². The Labute approximate surface area is 117 Å². The summed E-state index contributed by atoms with van der Waals surface area (Å²) in [4.78, 5) is 4.31. The second kappa shape index (κ2) is 6.13. The van der Waals surface area contributed by atoms with Crippen molar-refractivity contribution in [1.82, 2.24) is 10.3 Å². The van der Waals surface area contributed by atoms with Gasteiger partial charge in [-0.05, 0) is 55.8 Å². The van der Waals surface area contributed by atoms with E-state index in [9.17, 15) is 4.39 Å². The van der Waals surface area contributed by atoms with Crippen LogP contribution in [0.5, 0.6) is 0 Å². The Bertz CT molecular complexity index is 555. The maximum absolute atomic E-state index is 13.3. The highest BCUT2D eigenvalue weighted by atomic mass is 35.5. The molecule has 1 aromatic heterocycles. The van der Waals surface area contributed by atoms with Crippen molar-refractivity contribution in [2.45, 2.75) is 19.4 Å². The van der Waals surface area contributed by atoms with E-state index in [1.54, 1.807) is 18.3 Å². The summed E-state index contributed by atoms with van der Waals surface area (Å²) in [5, 5.41) is 3.82. The quantitative estimate of drug-likeness (QED) is 0.923. The van der Waals surface area contributed by atoms with E-state index >= 15 is 0 Å². The molecule has 0 fully saturated rings. The molecule has 0 saturated carbocycles. The summed E-state index contributed by atoms with van der Waals surface area (Å²) >= 11 is 5.83. The van der Waals surface area contributed by atoms with Gasteiger partial charge < -0.3 is 5.32 Å². The van der Waals surface area contributed by atoms with Gasteiger partial charge in [0.25, 0.3) is 0 Å². The average molecular weight is 279 g/mol. The van der Waals surface area contributed by atoms with Crippen LogP contribution in [0.3, 0.4) is 0 Å². The van der Waals surface area contributed by atoms with Crippen molar-refractivity contribution in [1.29, 1.82) is 0 Å². The third-order valence-electron chi connectivity index (χ3n) is 3.19. The SMILES string of the molecule is CNC(Cc1cc(F)ccc1C)c1ccc(Cl)cn1. The van der Waals surface area contributed by atoms with Crippen LogP contribution in [-0.2, 0) is 6.42 Å². The first-order chi connectivity index (χ1) is 9.10. The minimum atomic E-state index is -0.209. The molecule has 0 amide bonds. The molecule has 100 valence electrons. The van der Waals surface area contributed by atoms with Crippen LogP contribution in [0.25, 0.3) is 0 Å². The lowest BCUT2D eigenvalue weighted by atomic mass is 9.99. The molecule has 1 heterocycles. The fraction of sp³-hybridized carbons (Fsp3) is 0.267. The number of pyridine rings is 1. The van der Waals surface area contributed by atoms with E-state index in [1.165, 1.54) is 6.07 Å². The number of aromatic nitrogens is 1. The second-order valence-corrected chi connectivity index (χ2v) is 4.95. The summed E-state index contributed by atoms with van der Waals surface area (Å²) in [5.74, 6) is -0.209. The van der Waals surface area contributed by atoms with Crippen molar-refractivity contribution in [3.63, 3.8) is 0 Å². The summed E-state index contributed by atoms with van der Waals surface area (Å²) in [6, 6.07) is 8.60. The monoisotopic (exact) mass is 278 g/mol. The van der Waals surface area contributed by atoms with Gasteiger partial charge in [0.1, 0.15) is 5.82 Å². The number of hydrogen-bond donors (Lipinski definition) is 1. The first kappa shape index (κ1) is 14.0. The van der Waals surface area contributed by atoms with Crippen LogP contribution in [0.4, 0.5) is 4.39 Å². The van der Waals surface area contributed by atoms with Gasteiger partial charge in [0.05, 0.1) is 16.8 Å². The van der Waals surface area contributed by atoms with Gasteiger partial charge in [-0.3, -0.25) is 4.98 Å². The molecule has 0 aliphatic rings. The van der Waals surface area contributed by atoms with Gasteiger partial charge in [-0.25, -0.2) is 4.39 Å². The molecular weight excluding hydrogens is 263 g/mol. The van der Waals surface area contributed by atoms with Crippen LogP contribution >= 0.6 is 11.6 Å². The molecule has 2 aromatic rings. The number of rotatable bonds is 4. The molecule has 0 saturated heterocycles. The van der Waals surface area contributed by atoms with Gasteiger partial charge >= 0.3 is 0 Å². The van der Waals surface area contributed by atoms with Crippen molar-refractivity contribution in [3.05, 3.63) is 64.2 Å². The van der Waals surface area contributed by atoms with Gasteiger partial charge in [0, 0.05) is 6.20 Å². The number of nitrogens with one attached hydrogen (secondary N) is 1. The Balaban J connectivity index is 2.23. The Morgan fingerprint density at radius 2 is 2.11 bits per heavy atom. The minimum absolute atomic E-state index is 0.0396. The standard InChI is InChI=1S/C15H16ClFN2/c1-10-3-5-13(17)7-11(10)8-15(18-2)14-6-4-12(16)9-19-14/h3-7,9,15,18H,8H2,1-2H3. The zero-order valence-corrected chi connectivity index (χ0v) is 11.7. The summed E-state index contributed by atoms with van der Waals surface area (Å²) in [6.45, 7) is 1.98. The first-order valence-corrected chi connectivity index (χ1v) is 6.51. The minimum Gasteiger partial charge on any atom is -0.311 e. The van der Waals surface area contributed by atoms with E-state index in [0.29, 0.717) is 11.4 Å². The van der Waals surface area contributed by atoms with Gasteiger partial charge in [-0.2, -0.15) is 0 Å². The normalized spacial score (nSPS) is 12.4. The third kappa shape index (κ3) is 3.52. The lowest BCUT2D eigenvalue weighted by molar-refractivity contribution is 0.569. The fourth-order valence-electron chi connectivity index (χ4n) is 2.03. The number of nitrogens with zero attached hydrogens (tertiary/aromatic N) is 1. The number of hydrogen-bond acceptors (Lipinski definition) is 2. The van der Waals surface area contributed by atoms with Gasteiger partial charge in [-0.15, -0.1) is 0 Å². The Morgan fingerprint density at radius 3 is 2.74 bits per heavy atom. The van der Waals surface area contributed by atoms with E-state index in [1.807, 2.05) is 26.1 Å². The van der Waals surface area contributed by atoms with Crippen LogP contribution < -0.4 is 5.32 Å². The maximum Gasteiger partial charge on any atom is 0.123 e. The van der Waals surface area contributed by atoms with Crippen LogP contribution in [0, 0.1) is 12.7 Å². The van der Waals surface area contributed by atoms with Crippen molar-refractivity contribution >= 4 is 11.6 Å². The Hall–Kier alpha value is -1.45.